The highest BCUT2D eigenvalue weighted by molar-refractivity contribution is 6.42. The number of hydrogen-bond donors (Lipinski definition) is 3. The fourth-order valence-electron chi connectivity index (χ4n) is 5.95. The number of hydrogen-bond acceptors (Lipinski definition) is 3. The molecule has 1 saturated carbocycles. The lowest BCUT2D eigenvalue weighted by molar-refractivity contribution is -0.117. The average Bonchev–Trinajstić information content (AvgIpc) is 3.34. The molecule has 38 heavy (non-hydrogen) atoms. The first-order valence-electron chi connectivity index (χ1n) is 13.4. The molecule has 8 heteroatoms. The van der Waals surface area contributed by atoms with E-state index in [1.165, 1.54) is 5.56 Å². The van der Waals surface area contributed by atoms with Gasteiger partial charge in [-0.25, -0.2) is 0 Å². The predicted octanol–water partition coefficient (Wildman–Crippen LogP) is 6.14. The minimum atomic E-state index is -0.386. The molecule has 2 aliphatic rings. The van der Waals surface area contributed by atoms with Crippen molar-refractivity contribution in [1.29, 1.82) is 0 Å². The molecule has 2 fully saturated rings. The maximum atomic E-state index is 12.4. The number of H-pyrrole nitrogens is 1. The summed E-state index contributed by atoms with van der Waals surface area (Å²) in [4.78, 5) is 30.0. The van der Waals surface area contributed by atoms with E-state index in [0.29, 0.717) is 27.4 Å². The molecule has 2 aromatic carbocycles. The van der Waals surface area contributed by atoms with Crippen LogP contribution in [0.1, 0.15) is 65.9 Å². The number of nitrogens with two attached hydrogens (primary N) is 1. The van der Waals surface area contributed by atoms with Crippen molar-refractivity contribution in [3.63, 3.8) is 0 Å². The van der Waals surface area contributed by atoms with Crippen LogP contribution in [-0.2, 0) is 4.79 Å². The van der Waals surface area contributed by atoms with Gasteiger partial charge in [-0.05, 0) is 111 Å². The number of likely N-dealkylation sites (tertiary alicyclic amines) is 1. The van der Waals surface area contributed by atoms with Crippen molar-refractivity contribution in [1.82, 2.24) is 15.2 Å². The Labute approximate surface area is 233 Å². The largest absolute Gasteiger partial charge is 0.366 e. The van der Waals surface area contributed by atoms with Crippen molar-refractivity contribution >= 4 is 52.0 Å². The summed E-state index contributed by atoms with van der Waals surface area (Å²) in [5.41, 5.74) is 9.26. The van der Waals surface area contributed by atoms with E-state index < -0.39 is 0 Å². The Hall–Kier alpha value is -2.80. The fraction of sp³-hybridized carbons (Fsp3) is 0.400. The quantitative estimate of drug-likeness (QED) is 0.307. The molecular formula is C30H34Cl2N4O2. The maximum absolute atomic E-state index is 12.4. The molecule has 4 N–H and O–H groups in total. The van der Waals surface area contributed by atoms with Crippen molar-refractivity contribution in [2.75, 3.05) is 19.6 Å². The molecule has 1 aliphatic carbocycles. The Morgan fingerprint density at radius 3 is 2.47 bits per heavy atom. The highest BCUT2D eigenvalue weighted by atomic mass is 35.5. The van der Waals surface area contributed by atoms with Gasteiger partial charge in [0.05, 0.1) is 10.0 Å². The van der Waals surface area contributed by atoms with Crippen molar-refractivity contribution in [2.45, 2.75) is 50.5 Å². The molecule has 0 atom stereocenters. The Kier molecular flexibility index (Phi) is 8.42. The van der Waals surface area contributed by atoms with E-state index in [4.69, 9.17) is 28.9 Å². The van der Waals surface area contributed by atoms with Gasteiger partial charge in [0.2, 0.25) is 11.8 Å². The second kappa shape index (κ2) is 11.9. The lowest BCUT2D eigenvalue weighted by Gasteiger charge is -2.36. The number of halogens is 2. The molecule has 0 bridgehead atoms. The summed E-state index contributed by atoms with van der Waals surface area (Å²) in [5, 5.41) is 5.26. The summed E-state index contributed by atoms with van der Waals surface area (Å²) >= 11 is 12.0. The van der Waals surface area contributed by atoms with Crippen LogP contribution in [0.4, 0.5) is 0 Å². The molecule has 0 unspecified atom stereocenters. The van der Waals surface area contributed by atoms with Crippen LogP contribution < -0.4 is 11.1 Å². The molecule has 2 amide bonds. The van der Waals surface area contributed by atoms with Crippen LogP contribution in [0.15, 0.2) is 48.7 Å². The van der Waals surface area contributed by atoms with Crippen molar-refractivity contribution in [3.05, 3.63) is 75.4 Å². The minimum Gasteiger partial charge on any atom is -0.366 e. The molecule has 0 spiro atoms. The van der Waals surface area contributed by atoms with Crippen molar-refractivity contribution in [3.8, 4) is 0 Å². The van der Waals surface area contributed by atoms with Crippen LogP contribution >= 0.6 is 23.2 Å². The third kappa shape index (κ3) is 6.42. The van der Waals surface area contributed by atoms with Crippen LogP contribution in [-0.4, -0.2) is 47.4 Å². The molecular weight excluding hydrogens is 519 g/mol. The third-order valence-corrected chi connectivity index (χ3v) is 8.85. The molecule has 200 valence electrons. The SMILES string of the molecule is NC(=O)c1ccc2[nH]cc(C3CCN(CC4CCC(NC(=O)/C=C/c5ccc(Cl)c(Cl)c5)CC4)CC3)c2c1. The number of nitrogens with zero attached hydrogens (tertiary/aromatic N) is 1. The van der Waals surface area contributed by atoms with E-state index >= 15 is 0 Å². The van der Waals surface area contributed by atoms with Gasteiger partial charge in [-0.3, -0.25) is 9.59 Å². The molecule has 0 radical (unpaired) electrons. The van der Waals surface area contributed by atoms with Gasteiger partial charge in [0.25, 0.3) is 0 Å². The number of piperidine rings is 1. The Morgan fingerprint density at radius 1 is 1.00 bits per heavy atom. The van der Waals surface area contributed by atoms with E-state index in [-0.39, 0.29) is 17.9 Å². The van der Waals surface area contributed by atoms with E-state index in [1.807, 2.05) is 18.2 Å². The normalized spacial score (nSPS) is 21.2. The second-order valence-electron chi connectivity index (χ2n) is 10.7. The number of primary amides is 1. The molecule has 1 aliphatic heterocycles. The van der Waals surface area contributed by atoms with E-state index in [0.717, 1.165) is 74.6 Å². The van der Waals surface area contributed by atoms with E-state index in [9.17, 15) is 9.59 Å². The van der Waals surface area contributed by atoms with E-state index in [1.54, 1.807) is 30.4 Å². The van der Waals surface area contributed by atoms with Gasteiger partial charge in [0, 0.05) is 41.3 Å². The van der Waals surface area contributed by atoms with Crippen LogP contribution in [0, 0.1) is 5.92 Å². The Bertz CT molecular complexity index is 1340. The number of rotatable bonds is 7. The van der Waals surface area contributed by atoms with Gasteiger partial charge in [0.1, 0.15) is 0 Å². The number of amides is 2. The monoisotopic (exact) mass is 552 g/mol. The highest BCUT2D eigenvalue weighted by Crippen LogP contribution is 2.35. The molecule has 5 rings (SSSR count). The van der Waals surface area contributed by atoms with Crippen molar-refractivity contribution < 1.29 is 9.59 Å². The van der Waals surface area contributed by atoms with Crippen LogP contribution in [0.2, 0.25) is 10.0 Å². The number of benzene rings is 2. The summed E-state index contributed by atoms with van der Waals surface area (Å²) in [5.74, 6) is 0.716. The summed E-state index contributed by atoms with van der Waals surface area (Å²) in [6, 6.07) is 11.2. The standard InChI is InChI=1S/C30H34Cl2N4O2/c31-26-8-3-19(15-27(26)32)4-10-29(37)35-23-6-1-20(2-7-23)18-36-13-11-21(12-14-36)25-17-34-28-9-5-22(30(33)38)16-24(25)28/h3-5,8-10,15-17,20-21,23,34H,1-2,6-7,11-14,18H2,(H2,33,38)(H,35,37)/b10-4+. The zero-order chi connectivity index (χ0) is 26.6. The zero-order valence-electron chi connectivity index (χ0n) is 21.4. The molecule has 1 saturated heterocycles. The summed E-state index contributed by atoms with van der Waals surface area (Å²) in [6.45, 7) is 3.30. The predicted molar refractivity (Wildman–Crippen MR) is 155 cm³/mol. The van der Waals surface area contributed by atoms with E-state index in [2.05, 4.69) is 21.4 Å². The molecule has 3 aromatic rings. The highest BCUT2D eigenvalue weighted by Gasteiger charge is 2.27. The van der Waals surface area contributed by atoms with Gasteiger partial charge in [-0.2, -0.15) is 0 Å². The molecule has 1 aromatic heterocycles. The van der Waals surface area contributed by atoms with Gasteiger partial charge < -0.3 is 20.9 Å². The lowest BCUT2D eigenvalue weighted by Crippen LogP contribution is -2.41. The smallest absolute Gasteiger partial charge is 0.248 e. The second-order valence-corrected chi connectivity index (χ2v) is 11.5. The molecule has 2 heterocycles. The first-order valence-corrected chi connectivity index (χ1v) is 14.2. The number of carbonyl (C=O) groups excluding carboxylic acids is 2. The summed E-state index contributed by atoms with van der Waals surface area (Å²) in [6.07, 6.45) is 12.0. The van der Waals surface area contributed by atoms with Gasteiger partial charge in [0.15, 0.2) is 0 Å². The maximum Gasteiger partial charge on any atom is 0.248 e. The number of nitrogens with one attached hydrogen (secondary N) is 2. The minimum absolute atomic E-state index is 0.0678. The van der Waals surface area contributed by atoms with Crippen LogP contribution in [0.3, 0.4) is 0 Å². The third-order valence-electron chi connectivity index (χ3n) is 8.11. The topological polar surface area (TPSA) is 91.2 Å². The Balaban J connectivity index is 1.06. The van der Waals surface area contributed by atoms with Crippen LogP contribution in [0.5, 0.6) is 0 Å². The van der Waals surface area contributed by atoms with Gasteiger partial charge in [-0.1, -0.05) is 29.3 Å². The van der Waals surface area contributed by atoms with Gasteiger partial charge >= 0.3 is 0 Å². The first kappa shape index (κ1) is 26.8. The number of aromatic amines is 1. The first-order chi connectivity index (χ1) is 18.4. The fourth-order valence-corrected chi connectivity index (χ4v) is 6.26. The van der Waals surface area contributed by atoms with Crippen LogP contribution in [0.25, 0.3) is 17.0 Å². The van der Waals surface area contributed by atoms with Gasteiger partial charge in [-0.15, -0.1) is 0 Å². The Morgan fingerprint density at radius 2 is 1.76 bits per heavy atom. The number of aromatic nitrogens is 1. The number of fused-ring (bicyclic) bond motifs is 1. The zero-order valence-corrected chi connectivity index (χ0v) is 22.9. The summed E-state index contributed by atoms with van der Waals surface area (Å²) < 4.78 is 0. The summed E-state index contributed by atoms with van der Waals surface area (Å²) in [7, 11) is 0. The molecule has 6 nitrogen and oxygen atoms in total. The van der Waals surface area contributed by atoms with Crippen molar-refractivity contribution in [2.24, 2.45) is 11.7 Å². The number of carbonyl (C=O) groups is 2. The lowest BCUT2D eigenvalue weighted by atomic mass is 9.84. The average molecular weight is 554 g/mol.